The summed E-state index contributed by atoms with van der Waals surface area (Å²) in [5.41, 5.74) is 6.87. The molecule has 2 heterocycles. The maximum absolute atomic E-state index is 11.2. The maximum Gasteiger partial charge on any atom is 0.246 e. The van der Waals surface area contributed by atoms with Crippen LogP contribution in [0.5, 0.6) is 0 Å². The molecule has 6 heteroatoms. The highest BCUT2D eigenvalue weighted by atomic mass is 35.5. The van der Waals surface area contributed by atoms with Crippen molar-refractivity contribution >= 4 is 23.2 Å². The Morgan fingerprint density at radius 3 is 2.65 bits per heavy atom. The minimum absolute atomic E-state index is 0.129. The molecule has 0 saturated carbocycles. The van der Waals surface area contributed by atoms with Gasteiger partial charge in [0.1, 0.15) is 12.2 Å². The standard InChI is InChI=1S/C17H20ClN3O2/c18-13-2-1-12(10-19)14(9-13)21-7-5-11(6-8-21)15-3-4-16(23-15)17(20)22/h1-2,9,11,15-16H,3-8H2,(H2,20,22)/t15-,16+/m0/s1. The lowest BCUT2D eigenvalue weighted by Gasteiger charge is -2.36. The lowest BCUT2D eigenvalue weighted by Crippen LogP contribution is -2.39. The molecule has 1 amide bonds. The largest absolute Gasteiger partial charge is 0.370 e. The van der Waals surface area contributed by atoms with Gasteiger partial charge in [-0.2, -0.15) is 5.26 Å². The first-order valence-corrected chi connectivity index (χ1v) is 8.35. The van der Waals surface area contributed by atoms with Gasteiger partial charge in [0, 0.05) is 18.1 Å². The van der Waals surface area contributed by atoms with Crippen LogP contribution in [0.1, 0.15) is 31.2 Å². The fourth-order valence-electron chi connectivity index (χ4n) is 3.59. The van der Waals surface area contributed by atoms with Crippen molar-refractivity contribution < 1.29 is 9.53 Å². The Labute approximate surface area is 141 Å². The topological polar surface area (TPSA) is 79.4 Å². The van der Waals surface area contributed by atoms with Gasteiger partial charge in [0.05, 0.1) is 17.4 Å². The first-order valence-electron chi connectivity index (χ1n) is 7.98. The lowest BCUT2D eigenvalue weighted by molar-refractivity contribution is -0.130. The average Bonchev–Trinajstić information content (AvgIpc) is 3.05. The van der Waals surface area contributed by atoms with Gasteiger partial charge in [0.15, 0.2) is 0 Å². The third-order valence-corrected chi connectivity index (χ3v) is 5.09. The van der Waals surface area contributed by atoms with Crippen LogP contribution in [-0.2, 0) is 9.53 Å². The highest BCUT2D eigenvalue weighted by molar-refractivity contribution is 6.30. The molecule has 122 valence electrons. The summed E-state index contributed by atoms with van der Waals surface area (Å²) in [6.07, 6.45) is 3.30. The molecule has 2 atom stereocenters. The van der Waals surface area contributed by atoms with Crippen LogP contribution in [0.25, 0.3) is 0 Å². The van der Waals surface area contributed by atoms with Crippen molar-refractivity contribution in [2.24, 2.45) is 11.7 Å². The molecule has 2 aliphatic rings. The third kappa shape index (κ3) is 3.44. The van der Waals surface area contributed by atoms with E-state index in [9.17, 15) is 10.1 Å². The lowest BCUT2D eigenvalue weighted by atomic mass is 9.89. The Morgan fingerprint density at radius 2 is 2.04 bits per heavy atom. The van der Waals surface area contributed by atoms with E-state index in [0.29, 0.717) is 16.5 Å². The van der Waals surface area contributed by atoms with Gasteiger partial charge in [-0.05, 0) is 49.8 Å². The number of nitriles is 1. The number of halogens is 1. The van der Waals surface area contributed by atoms with Gasteiger partial charge in [-0.25, -0.2) is 0 Å². The van der Waals surface area contributed by atoms with Crippen molar-refractivity contribution in [3.8, 4) is 6.07 Å². The Morgan fingerprint density at radius 1 is 1.30 bits per heavy atom. The van der Waals surface area contributed by atoms with Crippen LogP contribution in [0.15, 0.2) is 18.2 Å². The van der Waals surface area contributed by atoms with Crippen LogP contribution >= 0.6 is 11.6 Å². The highest BCUT2D eigenvalue weighted by Gasteiger charge is 2.36. The summed E-state index contributed by atoms with van der Waals surface area (Å²) in [5, 5.41) is 9.91. The number of carbonyl (C=O) groups excluding carboxylic acids is 1. The number of nitrogens with two attached hydrogens (primary N) is 1. The molecule has 5 nitrogen and oxygen atoms in total. The maximum atomic E-state index is 11.2. The van der Waals surface area contributed by atoms with Gasteiger partial charge in [-0.1, -0.05) is 11.6 Å². The fraction of sp³-hybridized carbons (Fsp3) is 0.529. The molecule has 0 unspecified atom stereocenters. The summed E-state index contributed by atoms with van der Waals surface area (Å²) in [7, 11) is 0. The van der Waals surface area contributed by atoms with Crippen LogP contribution in [0.2, 0.25) is 5.02 Å². The number of nitrogens with zero attached hydrogens (tertiary/aromatic N) is 2. The van der Waals surface area contributed by atoms with E-state index in [-0.39, 0.29) is 12.0 Å². The summed E-state index contributed by atoms with van der Waals surface area (Å²) in [6, 6.07) is 7.59. The summed E-state index contributed by atoms with van der Waals surface area (Å²) < 4.78 is 5.80. The molecular formula is C17H20ClN3O2. The van der Waals surface area contributed by atoms with Crippen molar-refractivity contribution in [3.05, 3.63) is 28.8 Å². The monoisotopic (exact) mass is 333 g/mol. The molecule has 0 bridgehead atoms. The van der Waals surface area contributed by atoms with E-state index in [1.807, 2.05) is 6.07 Å². The molecule has 1 aromatic rings. The van der Waals surface area contributed by atoms with Crippen molar-refractivity contribution in [2.45, 2.75) is 37.9 Å². The van der Waals surface area contributed by atoms with Gasteiger partial charge < -0.3 is 15.4 Å². The van der Waals surface area contributed by atoms with Gasteiger partial charge in [-0.15, -0.1) is 0 Å². The number of benzene rings is 1. The Balaban J connectivity index is 1.62. The van der Waals surface area contributed by atoms with Crippen molar-refractivity contribution in [3.63, 3.8) is 0 Å². The second-order valence-corrected chi connectivity index (χ2v) is 6.68. The van der Waals surface area contributed by atoms with Gasteiger partial charge in [0.2, 0.25) is 5.91 Å². The third-order valence-electron chi connectivity index (χ3n) is 4.86. The van der Waals surface area contributed by atoms with Gasteiger partial charge >= 0.3 is 0 Å². The second kappa shape index (κ2) is 6.77. The van der Waals surface area contributed by atoms with Gasteiger partial charge in [0.25, 0.3) is 0 Å². The molecule has 2 saturated heterocycles. The first-order chi connectivity index (χ1) is 11.1. The van der Waals surface area contributed by atoms with E-state index in [1.165, 1.54) is 0 Å². The minimum atomic E-state index is -0.420. The predicted molar refractivity (Wildman–Crippen MR) is 88.2 cm³/mol. The molecule has 3 rings (SSSR count). The molecule has 1 aromatic carbocycles. The Kier molecular flexibility index (Phi) is 4.74. The molecule has 2 aliphatic heterocycles. The van der Waals surface area contributed by atoms with Crippen LogP contribution in [0.3, 0.4) is 0 Å². The Hall–Kier alpha value is -1.77. The van der Waals surface area contributed by atoms with Crippen LogP contribution in [-0.4, -0.2) is 31.2 Å². The molecule has 2 fully saturated rings. The van der Waals surface area contributed by atoms with Crippen LogP contribution in [0, 0.1) is 17.2 Å². The molecule has 0 aromatic heterocycles. The Bertz CT molecular complexity index is 635. The normalized spacial score (nSPS) is 25.3. The first kappa shape index (κ1) is 16.1. The molecule has 23 heavy (non-hydrogen) atoms. The zero-order valence-corrected chi connectivity index (χ0v) is 13.6. The molecule has 0 aliphatic carbocycles. The van der Waals surface area contributed by atoms with E-state index in [2.05, 4.69) is 11.0 Å². The highest BCUT2D eigenvalue weighted by Crippen LogP contribution is 2.34. The minimum Gasteiger partial charge on any atom is -0.370 e. The number of amides is 1. The molecule has 0 spiro atoms. The van der Waals surface area contributed by atoms with Crippen molar-refractivity contribution in [1.82, 2.24) is 0 Å². The summed E-state index contributed by atoms with van der Waals surface area (Å²) in [6.45, 7) is 1.72. The fourth-order valence-corrected chi connectivity index (χ4v) is 3.76. The van der Waals surface area contributed by atoms with Crippen LogP contribution in [0.4, 0.5) is 5.69 Å². The van der Waals surface area contributed by atoms with E-state index >= 15 is 0 Å². The quantitative estimate of drug-likeness (QED) is 0.921. The number of ether oxygens (including phenoxy) is 1. The van der Waals surface area contributed by atoms with E-state index in [1.54, 1.807) is 12.1 Å². The van der Waals surface area contributed by atoms with Crippen molar-refractivity contribution in [1.29, 1.82) is 5.26 Å². The van der Waals surface area contributed by atoms with Crippen LogP contribution < -0.4 is 10.6 Å². The molecule has 2 N–H and O–H groups in total. The number of rotatable bonds is 3. The van der Waals surface area contributed by atoms with Crippen molar-refractivity contribution in [2.75, 3.05) is 18.0 Å². The van der Waals surface area contributed by atoms with E-state index < -0.39 is 6.10 Å². The number of carbonyl (C=O) groups is 1. The summed E-state index contributed by atoms with van der Waals surface area (Å²) in [5.74, 6) is 0.0860. The number of hydrogen-bond donors (Lipinski definition) is 1. The number of primary amides is 1. The van der Waals surface area contributed by atoms with E-state index in [0.717, 1.165) is 44.5 Å². The smallest absolute Gasteiger partial charge is 0.246 e. The summed E-state index contributed by atoms with van der Waals surface area (Å²) >= 11 is 6.07. The molecule has 0 radical (unpaired) electrons. The summed E-state index contributed by atoms with van der Waals surface area (Å²) in [4.78, 5) is 13.4. The number of piperidine rings is 1. The number of hydrogen-bond acceptors (Lipinski definition) is 4. The number of anilines is 1. The second-order valence-electron chi connectivity index (χ2n) is 6.24. The zero-order valence-electron chi connectivity index (χ0n) is 12.9. The van der Waals surface area contributed by atoms with E-state index in [4.69, 9.17) is 22.1 Å². The zero-order chi connectivity index (χ0) is 16.4. The molecular weight excluding hydrogens is 314 g/mol. The average molecular weight is 334 g/mol. The van der Waals surface area contributed by atoms with Gasteiger partial charge in [-0.3, -0.25) is 4.79 Å². The predicted octanol–water partition coefficient (Wildman–Crippen LogP) is 2.46. The SMILES string of the molecule is N#Cc1ccc(Cl)cc1N1CCC([C@@H]2CC[C@H](C(N)=O)O2)CC1.